The van der Waals surface area contributed by atoms with Crippen molar-refractivity contribution < 1.29 is 4.79 Å². The molecule has 2 rings (SSSR count). The van der Waals surface area contributed by atoms with Gasteiger partial charge in [-0.3, -0.25) is 9.69 Å². The molecule has 20 heavy (non-hydrogen) atoms. The van der Waals surface area contributed by atoms with Crippen molar-refractivity contribution in [3.8, 4) is 0 Å². The van der Waals surface area contributed by atoms with Crippen molar-refractivity contribution in [3.63, 3.8) is 0 Å². The molecule has 3 unspecified atom stereocenters. The van der Waals surface area contributed by atoms with E-state index >= 15 is 0 Å². The predicted octanol–water partition coefficient (Wildman–Crippen LogP) is 1.89. The van der Waals surface area contributed by atoms with E-state index in [9.17, 15) is 4.79 Å². The van der Waals surface area contributed by atoms with Gasteiger partial charge in [0.05, 0.1) is 6.04 Å². The van der Waals surface area contributed by atoms with Gasteiger partial charge in [-0.25, -0.2) is 0 Å². The standard InChI is InChI=1S/C16H31N3O/c1-11(15(20)18-16(2,3)4)19-13-7-6-8-14(19)10-12(9-13)17-5/h11-14,17H,6-10H2,1-5H3,(H,18,20). The molecule has 2 fully saturated rings. The van der Waals surface area contributed by atoms with Gasteiger partial charge in [0.15, 0.2) is 0 Å². The lowest BCUT2D eigenvalue weighted by Gasteiger charge is -2.51. The molecule has 4 heteroatoms. The van der Waals surface area contributed by atoms with E-state index in [2.05, 4.69) is 29.5 Å². The first kappa shape index (κ1) is 15.8. The van der Waals surface area contributed by atoms with Crippen LogP contribution in [0.3, 0.4) is 0 Å². The maximum absolute atomic E-state index is 12.5. The van der Waals surface area contributed by atoms with Crippen LogP contribution in [0.5, 0.6) is 0 Å². The number of hydrogen-bond donors (Lipinski definition) is 2. The Kier molecular flexibility index (Phi) is 4.75. The molecule has 2 saturated heterocycles. The van der Waals surface area contributed by atoms with E-state index in [0.717, 1.165) is 0 Å². The van der Waals surface area contributed by atoms with Crippen molar-refractivity contribution in [1.29, 1.82) is 0 Å². The fraction of sp³-hybridized carbons (Fsp3) is 0.938. The minimum atomic E-state index is -0.149. The second-order valence-corrected chi connectivity index (χ2v) is 7.56. The third-order valence-electron chi connectivity index (χ3n) is 4.76. The highest BCUT2D eigenvalue weighted by atomic mass is 16.2. The number of carbonyl (C=O) groups is 1. The summed E-state index contributed by atoms with van der Waals surface area (Å²) in [4.78, 5) is 15.0. The summed E-state index contributed by atoms with van der Waals surface area (Å²) in [6.45, 7) is 8.22. The van der Waals surface area contributed by atoms with Crippen molar-refractivity contribution in [3.05, 3.63) is 0 Å². The monoisotopic (exact) mass is 281 g/mol. The zero-order valence-electron chi connectivity index (χ0n) is 13.7. The second-order valence-electron chi connectivity index (χ2n) is 7.56. The van der Waals surface area contributed by atoms with Crippen molar-refractivity contribution in [2.75, 3.05) is 7.05 Å². The van der Waals surface area contributed by atoms with Gasteiger partial charge in [-0.15, -0.1) is 0 Å². The lowest BCUT2D eigenvalue weighted by molar-refractivity contribution is -0.132. The van der Waals surface area contributed by atoms with Gasteiger partial charge < -0.3 is 10.6 Å². The van der Waals surface area contributed by atoms with Crippen LogP contribution < -0.4 is 10.6 Å². The summed E-state index contributed by atoms with van der Waals surface area (Å²) in [5, 5.41) is 6.57. The smallest absolute Gasteiger partial charge is 0.237 e. The van der Waals surface area contributed by atoms with Crippen LogP contribution in [-0.4, -0.2) is 47.6 Å². The third-order valence-corrected chi connectivity index (χ3v) is 4.76. The second kappa shape index (κ2) is 6.02. The van der Waals surface area contributed by atoms with Crippen molar-refractivity contribution in [1.82, 2.24) is 15.5 Å². The average Bonchev–Trinajstić information content (AvgIpc) is 2.34. The van der Waals surface area contributed by atoms with Crippen LogP contribution in [0.1, 0.15) is 59.8 Å². The number of amides is 1. The van der Waals surface area contributed by atoms with Crippen LogP contribution in [0.25, 0.3) is 0 Å². The molecule has 0 saturated carbocycles. The lowest BCUT2D eigenvalue weighted by Crippen LogP contribution is -2.62. The molecule has 2 aliphatic rings. The topological polar surface area (TPSA) is 44.4 Å². The maximum Gasteiger partial charge on any atom is 0.237 e. The van der Waals surface area contributed by atoms with E-state index in [4.69, 9.17) is 0 Å². The number of piperidine rings is 2. The van der Waals surface area contributed by atoms with Gasteiger partial charge in [0.1, 0.15) is 0 Å². The zero-order valence-corrected chi connectivity index (χ0v) is 13.7. The number of fused-ring (bicyclic) bond motifs is 2. The number of nitrogens with zero attached hydrogens (tertiary/aromatic N) is 1. The summed E-state index contributed by atoms with van der Waals surface area (Å²) in [6.07, 6.45) is 6.15. The fourth-order valence-electron chi connectivity index (χ4n) is 3.90. The van der Waals surface area contributed by atoms with E-state index in [-0.39, 0.29) is 17.5 Å². The Labute approximate surface area is 123 Å². The Hall–Kier alpha value is -0.610. The maximum atomic E-state index is 12.5. The average molecular weight is 281 g/mol. The predicted molar refractivity (Wildman–Crippen MR) is 82.7 cm³/mol. The highest BCUT2D eigenvalue weighted by Gasteiger charge is 2.42. The Bertz CT molecular complexity index is 336. The molecular formula is C16H31N3O. The molecule has 0 aliphatic carbocycles. The first-order chi connectivity index (χ1) is 9.31. The van der Waals surface area contributed by atoms with Crippen LogP contribution in [0, 0.1) is 0 Å². The summed E-state index contributed by atoms with van der Waals surface area (Å²) >= 11 is 0. The van der Waals surface area contributed by atoms with Crippen LogP contribution in [-0.2, 0) is 4.79 Å². The highest BCUT2D eigenvalue weighted by molar-refractivity contribution is 5.82. The number of nitrogens with one attached hydrogen (secondary N) is 2. The van der Waals surface area contributed by atoms with E-state index in [1.165, 1.54) is 32.1 Å². The normalized spacial score (nSPS) is 32.8. The molecule has 2 heterocycles. The summed E-state index contributed by atoms with van der Waals surface area (Å²) < 4.78 is 0. The molecule has 2 bridgehead atoms. The lowest BCUT2D eigenvalue weighted by atomic mass is 9.80. The summed E-state index contributed by atoms with van der Waals surface area (Å²) in [7, 11) is 2.06. The first-order valence-electron chi connectivity index (χ1n) is 8.08. The van der Waals surface area contributed by atoms with Gasteiger partial charge in [-0.1, -0.05) is 6.42 Å². The molecule has 116 valence electrons. The van der Waals surface area contributed by atoms with Crippen LogP contribution in [0.4, 0.5) is 0 Å². The Morgan fingerprint density at radius 2 is 1.75 bits per heavy atom. The van der Waals surface area contributed by atoms with Crippen LogP contribution >= 0.6 is 0 Å². The van der Waals surface area contributed by atoms with Crippen molar-refractivity contribution in [2.45, 2.75) is 89.5 Å². The first-order valence-corrected chi connectivity index (χ1v) is 8.08. The quantitative estimate of drug-likeness (QED) is 0.830. The van der Waals surface area contributed by atoms with Gasteiger partial charge in [-0.05, 0) is 60.4 Å². The number of hydrogen-bond acceptors (Lipinski definition) is 3. The van der Waals surface area contributed by atoms with E-state index in [1.807, 2.05) is 20.8 Å². The van der Waals surface area contributed by atoms with Crippen LogP contribution in [0.15, 0.2) is 0 Å². The highest BCUT2D eigenvalue weighted by Crippen LogP contribution is 2.35. The van der Waals surface area contributed by atoms with Gasteiger partial charge in [0, 0.05) is 23.7 Å². The SMILES string of the molecule is CNC1CC2CCCC(C1)N2C(C)C(=O)NC(C)(C)C. The number of rotatable bonds is 3. The number of carbonyl (C=O) groups excluding carboxylic acids is 1. The Morgan fingerprint density at radius 3 is 2.20 bits per heavy atom. The molecule has 0 radical (unpaired) electrons. The minimum absolute atomic E-state index is 0.0117. The molecule has 0 spiro atoms. The molecular weight excluding hydrogens is 250 g/mol. The molecule has 1 amide bonds. The largest absolute Gasteiger partial charge is 0.350 e. The third kappa shape index (κ3) is 3.53. The molecule has 0 aromatic carbocycles. The summed E-state index contributed by atoms with van der Waals surface area (Å²) in [5.41, 5.74) is -0.149. The molecule has 0 aromatic rings. The molecule has 3 atom stereocenters. The van der Waals surface area contributed by atoms with Crippen molar-refractivity contribution in [2.24, 2.45) is 0 Å². The summed E-state index contributed by atoms with van der Waals surface area (Å²) in [6, 6.07) is 1.75. The molecule has 2 N–H and O–H groups in total. The molecule has 4 nitrogen and oxygen atoms in total. The Morgan fingerprint density at radius 1 is 1.20 bits per heavy atom. The minimum Gasteiger partial charge on any atom is -0.350 e. The van der Waals surface area contributed by atoms with Crippen LogP contribution in [0.2, 0.25) is 0 Å². The summed E-state index contributed by atoms with van der Waals surface area (Å²) in [5.74, 6) is 0.178. The van der Waals surface area contributed by atoms with E-state index in [0.29, 0.717) is 18.1 Å². The Balaban J connectivity index is 2.05. The van der Waals surface area contributed by atoms with Gasteiger partial charge in [0.25, 0.3) is 0 Å². The van der Waals surface area contributed by atoms with E-state index < -0.39 is 0 Å². The van der Waals surface area contributed by atoms with Crippen molar-refractivity contribution >= 4 is 5.91 Å². The molecule has 0 aromatic heterocycles. The van der Waals surface area contributed by atoms with E-state index in [1.54, 1.807) is 0 Å². The van der Waals surface area contributed by atoms with Gasteiger partial charge in [0.2, 0.25) is 5.91 Å². The van der Waals surface area contributed by atoms with Gasteiger partial charge >= 0.3 is 0 Å². The molecule has 2 aliphatic heterocycles. The van der Waals surface area contributed by atoms with Gasteiger partial charge in [-0.2, -0.15) is 0 Å². The zero-order chi connectivity index (χ0) is 14.9. The fourth-order valence-corrected chi connectivity index (χ4v) is 3.90.